The van der Waals surface area contributed by atoms with Crippen molar-refractivity contribution >= 4 is 33.6 Å². The topological polar surface area (TPSA) is 121 Å². The number of hydrogen-bond donors (Lipinski definition) is 2. The van der Waals surface area contributed by atoms with Crippen LogP contribution in [0.5, 0.6) is 0 Å². The molecule has 0 aliphatic carbocycles. The lowest BCUT2D eigenvalue weighted by molar-refractivity contribution is -0.150. The molecule has 0 aliphatic rings. The summed E-state index contributed by atoms with van der Waals surface area (Å²) in [6.07, 6.45) is -4.99. The van der Waals surface area contributed by atoms with Crippen molar-refractivity contribution in [3.8, 4) is 5.69 Å². The smallest absolute Gasteiger partial charge is 0.431 e. The van der Waals surface area contributed by atoms with Gasteiger partial charge in [0.1, 0.15) is 11.5 Å². The lowest BCUT2D eigenvalue weighted by Crippen LogP contribution is -2.41. The molecule has 2 N–H and O–H groups in total. The second kappa shape index (κ2) is 9.95. The van der Waals surface area contributed by atoms with Crippen LogP contribution in [0.2, 0.25) is 0 Å². The van der Waals surface area contributed by atoms with E-state index in [0.29, 0.717) is 0 Å². The summed E-state index contributed by atoms with van der Waals surface area (Å²) in [5, 5.41) is 2.20. The molecular formula is C17H15BrF4N4O6. The van der Waals surface area contributed by atoms with Gasteiger partial charge in [0.15, 0.2) is 6.61 Å². The van der Waals surface area contributed by atoms with E-state index in [4.69, 9.17) is 0 Å². The maximum Gasteiger partial charge on any atom is 0.431 e. The van der Waals surface area contributed by atoms with E-state index >= 15 is 0 Å². The van der Waals surface area contributed by atoms with Gasteiger partial charge < -0.3 is 10.1 Å². The van der Waals surface area contributed by atoms with E-state index < -0.39 is 53.2 Å². The molecule has 0 aliphatic heterocycles. The summed E-state index contributed by atoms with van der Waals surface area (Å²) < 4.78 is 58.3. The first-order chi connectivity index (χ1) is 14.9. The Bertz CT molecular complexity index is 1160. The number of esters is 1. The van der Waals surface area contributed by atoms with E-state index in [0.717, 1.165) is 19.2 Å². The summed E-state index contributed by atoms with van der Waals surface area (Å²) in [4.78, 5) is 52.2. The highest BCUT2D eigenvalue weighted by Gasteiger charge is 2.35. The van der Waals surface area contributed by atoms with Gasteiger partial charge in [-0.1, -0.05) is 0 Å². The number of carbonyl (C=O) groups excluding carboxylic acids is 2. The first kappa shape index (κ1) is 25.1. The van der Waals surface area contributed by atoms with Gasteiger partial charge in [0, 0.05) is 17.6 Å². The maximum atomic E-state index is 14.5. The Balaban J connectivity index is 2.37. The third-order valence-electron chi connectivity index (χ3n) is 3.80. The molecule has 0 fully saturated rings. The Labute approximate surface area is 184 Å². The number of aromatic nitrogens is 2. The van der Waals surface area contributed by atoms with Crippen LogP contribution < -0.4 is 22.0 Å². The minimum Gasteiger partial charge on any atom is -0.464 e. The number of benzene rings is 1. The normalized spacial score (nSPS) is 11.2. The molecule has 2 rings (SSSR count). The van der Waals surface area contributed by atoms with Gasteiger partial charge in [-0.25, -0.2) is 28.8 Å². The number of amides is 2. The standard InChI is InChI=1S/C17H15BrF4N4O6/c1-3-31-14(28)7-32-24-15(29)23-10-5-11(9(19)4-8(10)18)26-13(27)6-12(17(20,21)22)25(2)16(26)30/h4-6H,3,7H2,1-2H3,(H2,23,24,29). The van der Waals surface area contributed by atoms with Gasteiger partial charge >= 0.3 is 23.9 Å². The molecule has 174 valence electrons. The molecule has 1 aromatic heterocycles. The van der Waals surface area contributed by atoms with Crippen LogP contribution >= 0.6 is 15.9 Å². The van der Waals surface area contributed by atoms with Gasteiger partial charge in [-0.3, -0.25) is 14.2 Å². The molecule has 1 aromatic carbocycles. The van der Waals surface area contributed by atoms with Crippen molar-refractivity contribution in [3.63, 3.8) is 0 Å². The number of ether oxygens (including phenoxy) is 1. The minimum absolute atomic E-state index is 0.0314. The van der Waals surface area contributed by atoms with Crippen molar-refractivity contribution in [2.24, 2.45) is 7.05 Å². The summed E-state index contributed by atoms with van der Waals surface area (Å²) in [6, 6.07) is 0.750. The monoisotopic (exact) mass is 526 g/mol. The highest BCUT2D eigenvalue weighted by atomic mass is 79.9. The summed E-state index contributed by atoms with van der Waals surface area (Å²) in [5.74, 6) is -1.89. The average Bonchev–Trinajstić information content (AvgIpc) is 2.67. The number of rotatable bonds is 6. The minimum atomic E-state index is -4.99. The molecule has 0 unspecified atom stereocenters. The fraction of sp³-hybridized carbons (Fsp3) is 0.294. The summed E-state index contributed by atoms with van der Waals surface area (Å²) >= 11 is 2.97. The van der Waals surface area contributed by atoms with Crippen molar-refractivity contribution in [2.75, 3.05) is 18.5 Å². The molecule has 0 bridgehead atoms. The number of hydroxylamine groups is 1. The third kappa shape index (κ3) is 5.73. The predicted molar refractivity (Wildman–Crippen MR) is 105 cm³/mol. The number of nitrogens with zero attached hydrogens (tertiary/aromatic N) is 2. The average molecular weight is 527 g/mol. The van der Waals surface area contributed by atoms with Crippen LogP contribution in [0.4, 0.5) is 28.0 Å². The van der Waals surface area contributed by atoms with Crippen LogP contribution in [-0.4, -0.2) is 34.3 Å². The molecule has 0 atom stereocenters. The molecule has 0 spiro atoms. The highest BCUT2D eigenvalue weighted by molar-refractivity contribution is 9.10. The van der Waals surface area contributed by atoms with Crippen LogP contribution in [0.1, 0.15) is 12.6 Å². The second-order valence-corrected chi connectivity index (χ2v) is 6.83. The quantitative estimate of drug-likeness (QED) is 0.337. The second-order valence-electron chi connectivity index (χ2n) is 5.98. The van der Waals surface area contributed by atoms with E-state index in [-0.39, 0.29) is 32.0 Å². The molecule has 2 aromatic rings. The van der Waals surface area contributed by atoms with E-state index in [1.54, 1.807) is 6.92 Å². The first-order valence-electron chi connectivity index (χ1n) is 8.60. The number of urea groups is 1. The maximum absolute atomic E-state index is 14.5. The molecule has 10 nitrogen and oxygen atoms in total. The third-order valence-corrected chi connectivity index (χ3v) is 4.45. The number of alkyl halides is 3. The Hall–Kier alpha value is -3.20. The van der Waals surface area contributed by atoms with Gasteiger partial charge in [0.05, 0.1) is 18.0 Å². The van der Waals surface area contributed by atoms with Crippen LogP contribution in [0.15, 0.2) is 32.3 Å². The predicted octanol–water partition coefficient (Wildman–Crippen LogP) is 2.07. The van der Waals surface area contributed by atoms with Crippen molar-refractivity contribution in [1.29, 1.82) is 0 Å². The molecule has 15 heteroatoms. The van der Waals surface area contributed by atoms with Crippen molar-refractivity contribution in [2.45, 2.75) is 13.1 Å². The molecular weight excluding hydrogens is 512 g/mol. The van der Waals surface area contributed by atoms with E-state index in [9.17, 15) is 36.7 Å². The number of anilines is 1. The van der Waals surface area contributed by atoms with Crippen LogP contribution in [-0.2, 0) is 27.6 Å². The zero-order valence-electron chi connectivity index (χ0n) is 16.4. The molecule has 0 saturated heterocycles. The van der Waals surface area contributed by atoms with Gasteiger partial charge in [-0.05, 0) is 35.0 Å². The molecule has 1 heterocycles. The highest BCUT2D eigenvalue weighted by Crippen LogP contribution is 2.29. The van der Waals surface area contributed by atoms with Gasteiger partial charge in [0.25, 0.3) is 5.56 Å². The lowest BCUT2D eigenvalue weighted by atomic mass is 10.2. The molecule has 0 saturated carbocycles. The fourth-order valence-electron chi connectivity index (χ4n) is 2.44. The van der Waals surface area contributed by atoms with Crippen LogP contribution in [0.3, 0.4) is 0 Å². The SMILES string of the molecule is CCOC(=O)CONC(=O)Nc1cc(-n2c(=O)cc(C(F)(F)F)n(C)c2=O)c(F)cc1Br. The molecule has 2 amide bonds. The number of hydrogen-bond acceptors (Lipinski definition) is 6. The molecule has 0 radical (unpaired) electrons. The number of halogens is 5. The molecule has 32 heavy (non-hydrogen) atoms. The first-order valence-corrected chi connectivity index (χ1v) is 9.40. The van der Waals surface area contributed by atoms with Crippen LogP contribution in [0, 0.1) is 5.82 Å². The largest absolute Gasteiger partial charge is 0.464 e. The lowest BCUT2D eigenvalue weighted by Gasteiger charge is -2.16. The zero-order chi connectivity index (χ0) is 24.2. The van der Waals surface area contributed by atoms with Gasteiger partial charge in [-0.15, -0.1) is 0 Å². The summed E-state index contributed by atoms with van der Waals surface area (Å²) in [5.41, 5.74) is -3.44. The Morgan fingerprint density at radius 1 is 1.19 bits per heavy atom. The van der Waals surface area contributed by atoms with E-state index in [1.807, 2.05) is 5.48 Å². The zero-order valence-corrected chi connectivity index (χ0v) is 18.0. The number of carbonyl (C=O) groups is 2. The van der Waals surface area contributed by atoms with Gasteiger partial charge in [0.2, 0.25) is 0 Å². The summed E-state index contributed by atoms with van der Waals surface area (Å²) in [6.45, 7) is 1.06. The fourth-order valence-corrected chi connectivity index (χ4v) is 2.85. The van der Waals surface area contributed by atoms with E-state index in [2.05, 4.69) is 30.8 Å². The van der Waals surface area contributed by atoms with E-state index in [1.165, 1.54) is 0 Å². The Morgan fingerprint density at radius 3 is 2.44 bits per heavy atom. The van der Waals surface area contributed by atoms with Crippen molar-refractivity contribution in [1.82, 2.24) is 14.6 Å². The van der Waals surface area contributed by atoms with Gasteiger partial charge in [-0.2, -0.15) is 13.2 Å². The summed E-state index contributed by atoms with van der Waals surface area (Å²) in [7, 11) is 0.769. The Morgan fingerprint density at radius 2 is 1.84 bits per heavy atom. The Kier molecular flexibility index (Phi) is 7.79. The van der Waals surface area contributed by atoms with Crippen molar-refractivity contribution < 1.29 is 36.7 Å². The van der Waals surface area contributed by atoms with Crippen molar-refractivity contribution in [3.05, 3.63) is 55.0 Å². The van der Waals surface area contributed by atoms with Crippen LogP contribution in [0.25, 0.3) is 5.69 Å². The number of nitrogens with one attached hydrogen (secondary N) is 2.